The molecule has 0 aliphatic carbocycles. The van der Waals surface area contributed by atoms with Gasteiger partial charge in [0.15, 0.2) is 0 Å². The van der Waals surface area contributed by atoms with Crippen molar-refractivity contribution in [3.8, 4) is 5.88 Å². The Balaban J connectivity index is 1.68. The number of likely N-dealkylation sites (tertiary alicyclic amines) is 1. The standard InChI is InChI=1S/C16H21N5O2/c1-10-6-7-14(20-17-10)23-13-5-4-8-21(9-13)16(22)15-11(2)18-19-12(15)3/h6-7,13H,4-5,8-9H2,1-3H3,(H,18,19)/t13-/m0/s1. The smallest absolute Gasteiger partial charge is 0.257 e. The van der Waals surface area contributed by atoms with Crippen molar-refractivity contribution in [3.05, 3.63) is 34.8 Å². The van der Waals surface area contributed by atoms with Gasteiger partial charge < -0.3 is 9.64 Å². The average Bonchev–Trinajstić information content (AvgIpc) is 2.88. The number of amides is 1. The van der Waals surface area contributed by atoms with E-state index in [0.29, 0.717) is 18.0 Å². The van der Waals surface area contributed by atoms with Crippen LogP contribution in [0.15, 0.2) is 12.1 Å². The van der Waals surface area contributed by atoms with E-state index in [4.69, 9.17) is 4.74 Å². The highest BCUT2D eigenvalue weighted by Gasteiger charge is 2.28. The Labute approximate surface area is 135 Å². The molecule has 0 bridgehead atoms. The zero-order valence-electron chi connectivity index (χ0n) is 13.7. The first-order valence-electron chi connectivity index (χ1n) is 7.82. The normalized spacial score (nSPS) is 18.0. The van der Waals surface area contributed by atoms with Crippen LogP contribution in [0.4, 0.5) is 0 Å². The molecule has 122 valence electrons. The summed E-state index contributed by atoms with van der Waals surface area (Å²) in [5.74, 6) is 0.516. The minimum Gasteiger partial charge on any atom is -0.471 e. The van der Waals surface area contributed by atoms with Crippen LogP contribution in [-0.4, -0.2) is 50.4 Å². The number of carbonyl (C=O) groups is 1. The summed E-state index contributed by atoms with van der Waals surface area (Å²) in [7, 11) is 0. The van der Waals surface area contributed by atoms with E-state index in [2.05, 4.69) is 20.4 Å². The average molecular weight is 315 g/mol. The molecule has 1 amide bonds. The van der Waals surface area contributed by atoms with Crippen LogP contribution in [0.25, 0.3) is 0 Å². The van der Waals surface area contributed by atoms with Gasteiger partial charge in [-0.05, 0) is 39.7 Å². The Morgan fingerprint density at radius 1 is 1.30 bits per heavy atom. The second-order valence-electron chi connectivity index (χ2n) is 5.96. The molecule has 0 unspecified atom stereocenters. The van der Waals surface area contributed by atoms with Gasteiger partial charge in [-0.25, -0.2) is 0 Å². The minimum absolute atomic E-state index is 0.0111. The largest absolute Gasteiger partial charge is 0.471 e. The maximum Gasteiger partial charge on any atom is 0.257 e. The van der Waals surface area contributed by atoms with Crippen molar-refractivity contribution in [2.24, 2.45) is 0 Å². The lowest BCUT2D eigenvalue weighted by Gasteiger charge is -2.32. The number of nitrogens with zero attached hydrogens (tertiary/aromatic N) is 4. The molecule has 0 aromatic carbocycles. The molecule has 0 radical (unpaired) electrons. The van der Waals surface area contributed by atoms with Gasteiger partial charge in [0.25, 0.3) is 5.91 Å². The zero-order valence-corrected chi connectivity index (χ0v) is 13.7. The molecule has 7 heteroatoms. The first-order chi connectivity index (χ1) is 11.0. The van der Waals surface area contributed by atoms with E-state index in [1.165, 1.54) is 0 Å². The topological polar surface area (TPSA) is 84.0 Å². The second kappa shape index (κ2) is 6.36. The van der Waals surface area contributed by atoms with Gasteiger partial charge in [-0.1, -0.05) is 0 Å². The molecule has 3 rings (SSSR count). The number of H-pyrrole nitrogens is 1. The molecule has 3 heterocycles. The predicted molar refractivity (Wildman–Crippen MR) is 84.4 cm³/mol. The van der Waals surface area contributed by atoms with Gasteiger partial charge in [-0.3, -0.25) is 9.89 Å². The number of piperidine rings is 1. The third-order valence-corrected chi connectivity index (χ3v) is 4.07. The lowest BCUT2D eigenvalue weighted by Crippen LogP contribution is -2.44. The van der Waals surface area contributed by atoms with Gasteiger partial charge in [0.1, 0.15) is 6.10 Å². The van der Waals surface area contributed by atoms with Crippen LogP contribution in [0.5, 0.6) is 5.88 Å². The van der Waals surface area contributed by atoms with E-state index in [0.717, 1.165) is 36.5 Å². The van der Waals surface area contributed by atoms with Gasteiger partial charge in [-0.15, -0.1) is 5.10 Å². The summed E-state index contributed by atoms with van der Waals surface area (Å²) in [5.41, 5.74) is 3.06. The number of nitrogens with one attached hydrogen (secondary N) is 1. The molecule has 0 saturated carbocycles. The van der Waals surface area contributed by atoms with Crippen molar-refractivity contribution < 1.29 is 9.53 Å². The van der Waals surface area contributed by atoms with Crippen LogP contribution < -0.4 is 4.74 Å². The van der Waals surface area contributed by atoms with Gasteiger partial charge >= 0.3 is 0 Å². The number of hydrogen-bond donors (Lipinski definition) is 1. The molecule has 1 N–H and O–H groups in total. The Kier molecular flexibility index (Phi) is 4.27. The van der Waals surface area contributed by atoms with Crippen molar-refractivity contribution in [2.45, 2.75) is 39.7 Å². The monoisotopic (exact) mass is 315 g/mol. The SMILES string of the molecule is Cc1ccc(O[C@H]2CCCN(C(=O)c3c(C)n[nH]c3C)C2)nn1. The van der Waals surface area contributed by atoms with Crippen LogP contribution in [-0.2, 0) is 0 Å². The molecule has 1 atom stereocenters. The first kappa shape index (κ1) is 15.5. The Morgan fingerprint density at radius 3 is 2.78 bits per heavy atom. The summed E-state index contributed by atoms with van der Waals surface area (Å²) in [5, 5.41) is 15.0. The molecule has 2 aromatic heterocycles. The van der Waals surface area contributed by atoms with E-state index in [1.54, 1.807) is 0 Å². The van der Waals surface area contributed by atoms with Gasteiger partial charge in [0, 0.05) is 18.3 Å². The number of rotatable bonds is 3. The van der Waals surface area contributed by atoms with Crippen LogP contribution in [0.1, 0.15) is 40.3 Å². The number of aromatic nitrogens is 4. The van der Waals surface area contributed by atoms with Crippen molar-refractivity contribution >= 4 is 5.91 Å². The maximum atomic E-state index is 12.7. The molecular weight excluding hydrogens is 294 g/mol. The summed E-state index contributed by atoms with van der Waals surface area (Å²) in [6.45, 7) is 6.89. The Morgan fingerprint density at radius 2 is 2.13 bits per heavy atom. The lowest BCUT2D eigenvalue weighted by molar-refractivity contribution is 0.0524. The maximum absolute atomic E-state index is 12.7. The van der Waals surface area contributed by atoms with Crippen LogP contribution in [0, 0.1) is 20.8 Å². The second-order valence-corrected chi connectivity index (χ2v) is 5.96. The molecule has 7 nitrogen and oxygen atoms in total. The Bertz CT molecular complexity index is 675. The minimum atomic E-state index is -0.0581. The van der Waals surface area contributed by atoms with Crippen LogP contribution in [0.2, 0.25) is 0 Å². The number of aryl methyl sites for hydroxylation is 3. The highest BCUT2D eigenvalue weighted by Crippen LogP contribution is 2.20. The predicted octanol–water partition coefficient (Wildman–Crippen LogP) is 1.81. The zero-order chi connectivity index (χ0) is 16.4. The van der Waals surface area contributed by atoms with Crippen molar-refractivity contribution in [2.75, 3.05) is 13.1 Å². The molecule has 1 saturated heterocycles. The number of aromatic amines is 1. The van der Waals surface area contributed by atoms with E-state index in [9.17, 15) is 4.79 Å². The molecule has 1 aliphatic heterocycles. The molecular formula is C16H21N5O2. The van der Waals surface area contributed by atoms with E-state index in [-0.39, 0.29) is 12.0 Å². The third-order valence-electron chi connectivity index (χ3n) is 4.07. The van der Waals surface area contributed by atoms with Crippen molar-refractivity contribution in [3.63, 3.8) is 0 Å². The summed E-state index contributed by atoms with van der Waals surface area (Å²) in [6.07, 6.45) is 1.76. The van der Waals surface area contributed by atoms with Crippen molar-refractivity contribution in [1.29, 1.82) is 0 Å². The molecule has 1 aliphatic rings. The Hall–Kier alpha value is -2.44. The summed E-state index contributed by atoms with van der Waals surface area (Å²) in [4.78, 5) is 14.6. The fraction of sp³-hybridized carbons (Fsp3) is 0.500. The quantitative estimate of drug-likeness (QED) is 0.934. The highest BCUT2D eigenvalue weighted by molar-refractivity contribution is 5.96. The fourth-order valence-corrected chi connectivity index (χ4v) is 2.86. The van der Waals surface area contributed by atoms with Gasteiger partial charge in [-0.2, -0.15) is 10.2 Å². The highest BCUT2D eigenvalue weighted by atomic mass is 16.5. The summed E-state index contributed by atoms with van der Waals surface area (Å²) in [6, 6.07) is 3.68. The van der Waals surface area contributed by atoms with Crippen LogP contribution >= 0.6 is 0 Å². The third kappa shape index (κ3) is 3.33. The van der Waals surface area contributed by atoms with E-state index < -0.39 is 0 Å². The summed E-state index contributed by atoms with van der Waals surface area (Å²) < 4.78 is 5.88. The lowest BCUT2D eigenvalue weighted by atomic mass is 10.1. The summed E-state index contributed by atoms with van der Waals surface area (Å²) >= 11 is 0. The van der Waals surface area contributed by atoms with E-state index >= 15 is 0 Å². The van der Waals surface area contributed by atoms with Crippen molar-refractivity contribution in [1.82, 2.24) is 25.3 Å². The first-order valence-corrected chi connectivity index (χ1v) is 7.82. The molecule has 0 spiro atoms. The van der Waals surface area contributed by atoms with Gasteiger partial charge in [0.2, 0.25) is 5.88 Å². The molecule has 1 fully saturated rings. The number of ether oxygens (including phenoxy) is 1. The number of carbonyl (C=O) groups excluding carboxylic acids is 1. The molecule has 23 heavy (non-hydrogen) atoms. The fourth-order valence-electron chi connectivity index (χ4n) is 2.86. The van der Waals surface area contributed by atoms with Gasteiger partial charge in [0.05, 0.1) is 23.5 Å². The molecule has 2 aromatic rings. The number of hydrogen-bond acceptors (Lipinski definition) is 5. The van der Waals surface area contributed by atoms with Crippen LogP contribution in [0.3, 0.4) is 0 Å². The van der Waals surface area contributed by atoms with E-state index in [1.807, 2.05) is 37.8 Å².